The fourth-order valence-electron chi connectivity index (χ4n) is 2.17. The summed E-state index contributed by atoms with van der Waals surface area (Å²) in [6.07, 6.45) is 4.72. The summed E-state index contributed by atoms with van der Waals surface area (Å²) in [6, 6.07) is 4.45. The molecule has 0 saturated carbocycles. The van der Waals surface area contributed by atoms with Gasteiger partial charge < -0.3 is 5.32 Å². The molecule has 0 radical (unpaired) electrons. The highest BCUT2D eigenvalue weighted by atomic mass is 14.9. The molecule has 1 heterocycles. The molecule has 1 aromatic rings. The number of pyridine rings is 1. The normalized spacial score (nSPS) is 15.2. The van der Waals surface area contributed by atoms with E-state index < -0.39 is 0 Å². The van der Waals surface area contributed by atoms with Crippen molar-refractivity contribution in [1.82, 2.24) is 10.3 Å². The van der Waals surface area contributed by atoms with Gasteiger partial charge in [-0.1, -0.05) is 6.07 Å². The van der Waals surface area contributed by atoms with E-state index in [1.807, 2.05) is 0 Å². The maximum Gasteiger partial charge on any atom is 0.0439 e. The topological polar surface area (TPSA) is 24.9 Å². The van der Waals surface area contributed by atoms with Crippen LogP contribution in [0.3, 0.4) is 0 Å². The first kappa shape index (κ1) is 11.6. The zero-order valence-corrected chi connectivity index (χ0v) is 10.6. The van der Waals surface area contributed by atoms with E-state index in [0.29, 0.717) is 0 Å². The van der Waals surface area contributed by atoms with E-state index >= 15 is 0 Å². The molecule has 0 unspecified atom stereocenters. The second-order valence-corrected chi connectivity index (χ2v) is 5.69. The van der Waals surface area contributed by atoms with Gasteiger partial charge in [-0.25, -0.2) is 0 Å². The van der Waals surface area contributed by atoms with Crippen LogP contribution in [-0.4, -0.2) is 17.1 Å². The van der Waals surface area contributed by atoms with Crippen molar-refractivity contribution in [3.05, 3.63) is 29.1 Å². The van der Waals surface area contributed by atoms with Crippen LogP contribution < -0.4 is 5.32 Å². The zero-order chi connectivity index (χ0) is 11.6. The third-order valence-electron chi connectivity index (χ3n) is 3.02. The van der Waals surface area contributed by atoms with Crippen LogP contribution in [0.2, 0.25) is 0 Å². The van der Waals surface area contributed by atoms with Crippen molar-refractivity contribution >= 4 is 0 Å². The van der Waals surface area contributed by atoms with Gasteiger partial charge in [0.2, 0.25) is 0 Å². The molecule has 0 atom stereocenters. The van der Waals surface area contributed by atoms with Crippen LogP contribution in [0, 0.1) is 0 Å². The van der Waals surface area contributed by atoms with Crippen molar-refractivity contribution in [3.63, 3.8) is 0 Å². The Morgan fingerprint density at radius 2 is 2.06 bits per heavy atom. The number of hydrogen-bond donors (Lipinski definition) is 1. The Kier molecular flexibility index (Phi) is 3.29. The highest BCUT2D eigenvalue weighted by molar-refractivity contribution is 5.27. The van der Waals surface area contributed by atoms with Crippen molar-refractivity contribution in [2.24, 2.45) is 0 Å². The zero-order valence-electron chi connectivity index (χ0n) is 10.6. The summed E-state index contributed by atoms with van der Waals surface area (Å²) in [5.74, 6) is 0. The Hall–Kier alpha value is -0.890. The minimum Gasteiger partial charge on any atom is -0.312 e. The first-order chi connectivity index (χ1) is 7.54. The molecule has 2 heteroatoms. The monoisotopic (exact) mass is 218 g/mol. The first-order valence-electron chi connectivity index (χ1n) is 6.27. The lowest BCUT2D eigenvalue weighted by Gasteiger charge is -2.20. The molecule has 1 aromatic heterocycles. The predicted octanol–water partition coefficient (Wildman–Crippen LogP) is 2.50. The molecule has 0 bridgehead atoms. The van der Waals surface area contributed by atoms with Gasteiger partial charge in [-0.2, -0.15) is 0 Å². The van der Waals surface area contributed by atoms with Crippen molar-refractivity contribution in [1.29, 1.82) is 0 Å². The summed E-state index contributed by atoms with van der Waals surface area (Å²) >= 11 is 0. The summed E-state index contributed by atoms with van der Waals surface area (Å²) in [7, 11) is 0. The Balaban J connectivity index is 1.91. The van der Waals surface area contributed by atoms with Gasteiger partial charge in [-0.05, 0) is 51.7 Å². The van der Waals surface area contributed by atoms with E-state index in [9.17, 15) is 0 Å². The lowest BCUT2D eigenvalue weighted by atomic mass is 10.1. The van der Waals surface area contributed by atoms with Gasteiger partial charge in [0.15, 0.2) is 0 Å². The standard InChI is InChI=1S/C14H22N2/c1-14(2,3)15-10-9-12-8-7-11-5-4-6-13(11)16-12/h7-8,15H,4-6,9-10H2,1-3H3. The minimum absolute atomic E-state index is 0.205. The molecule has 88 valence electrons. The number of aromatic nitrogens is 1. The summed E-state index contributed by atoms with van der Waals surface area (Å²) in [6.45, 7) is 7.60. The molecular weight excluding hydrogens is 196 g/mol. The molecule has 2 nitrogen and oxygen atoms in total. The van der Waals surface area contributed by atoms with E-state index in [2.05, 4.69) is 38.2 Å². The summed E-state index contributed by atoms with van der Waals surface area (Å²) < 4.78 is 0. The maximum atomic E-state index is 4.73. The molecule has 0 aliphatic heterocycles. The van der Waals surface area contributed by atoms with Gasteiger partial charge in [0.25, 0.3) is 0 Å². The van der Waals surface area contributed by atoms with E-state index in [0.717, 1.165) is 13.0 Å². The maximum absolute atomic E-state index is 4.73. The number of hydrogen-bond acceptors (Lipinski definition) is 2. The molecule has 0 saturated heterocycles. The van der Waals surface area contributed by atoms with Crippen LogP contribution in [0.1, 0.15) is 44.1 Å². The van der Waals surface area contributed by atoms with Crippen LogP contribution in [-0.2, 0) is 19.3 Å². The second kappa shape index (κ2) is 4.54. The van der Waals surface area contributed by atoms with Crippen molar-refractivity contribution in [2.45, 2.75) is 52.0 Å². The summed E-state index contributed by atoms with van der Waals surface area (Å²) in [5.41, 5.74) is 4.25. The number of fused-ring (bicyclic) bond motifs is 1. The minimum atomic E-state index is 0.205. The van der Waals surface area contributed by atoms with Crippen LogP contribution in [0.25, 0.3) is 0 Å². The smallest absolute Gasteiger partial charge is 0.0439 e. The van der Waals surface area contributed by atoms with E-state index in [-0.39, 0.29) is 5.54 Å². The molecule has 0 spiro atoms. The van der Waals surface area contributed by atoms with Crippen molar-refractivity contribution in [2.75, 3.05) is 6.54 Å². The number of rotatable bonds is 3. The highest BCUT2D eigenvalue weighted by Gasteiger charge is 2.13. The Bertz CT molecular complexity index is 363. The molecule has 0 aromatic carbocycles. The summed E-state index contributed by atoms with van der Waals surface area (Å²) in [4.78, 5) is 4.73. The average molecular weight is 218 g/mol. The highest BCUT2D eigenvalue weighted by Crippen LogP contribution is 2.19. The van der Waals surface area contributed by atoms with Gasteiger partial charge >= 0.3 is 0 Å². The van der Waals surface area contributed by atoms with Crippen LogP contribution >= 0.6 is 0 Å². The summed E-state index contributed by atoms with van der Waals surface area (Å²) in [5, 5.41) is 3.50. The Morgan fingerprint density at radius 1 is 1.25 bits per heavy atom. The van der Waals surface area contributed by atoms with Gasteiger partial charge in [-0.3, -0.25) is 4.98 Å². The fourth-order valence-corrected chi connectivity index (χ4v) is 2.17. The van der Waals surface area contributed by atoms with Crippen molar-refractivity contribution in [3.8, 4) is 0 Å². The first-order valence-corrected chi connectivity index (χ1v) is 6.27. The molecular formula is C14H22N2. The lowest BCUT2D eigenvalue weighted by Crippen LogP contribution is -2.37. The Morgan fingerprint density at radius 3 is 2.81 bits per heavy atom. The molecule has 0 amide bonds. The SMILES string of the molecule is CC(C)(C)NCCc1ccc2c(n1)CCC2. The molecule has 0 fully saturated rings. The molecule has 2 rings (SSSR count). The van der Waals surface area contributed by atoms with E-state index in [1.54, 1.807) is 0 Å². The predicted molar refractivity (Wildman–Crippen MR) is 67.7 cm³/mol. The van der Waals surface area contributed by atoms with Gasteiger partial charge in [0.05, 0.1) is 0 Å². The van der Waals surface area contributed by atoms with E-state index in [4.69, 9.17) is 4.98 Å². The molecule has 1 aliphatic rings. The molecule has 1 aliphatic carbocycles. The van der Waals surface area contributed by atoms with Gasteiger partial charge in [0, 0.05) is 29.9 Å². The van der Waals surface area contributed by atoms with Crippen molar-refractivity contribution < 1.29 is 0 Å². The largest absolute Gasteiger partial charge is 0.312 e. The number of nitrogens with zero attached hydrogens (tertiary/aromatic N) is 1. The number of nitrogens with one attached hydrogen (secondary N) is 1. The van der Waals surface area contributed by atoms with Crippen LogP contribution in [0.4, 0.5) is 0 Å². The Labute approximate surface area is 98.5 Å². The number of aryl methyl sites for hydroxylation is 2. The third-order valence-corrected chi connectivity index (χ3v) is 3.02. The fraction of sp³-hybridized carbons (Fsp3) is 0.643. The quantitative estimate of drug-likeness (QED) is 0.843. The molecule has 16 heavy (non-hydrogen) atoms. The van der Waals surface area contributed by atoms with Gasteiger partial charge in [0.1, 0.15) is 0 Å². The molecule has 1 N–H and O–H groups in total. The van der Waals surface area contributed by atoms with E-state index in [1.165, 1.54) is 36.2 Å². The lowest BCUT2D eigenvalue weighted by molar-refractivity contribution is 0.428. The van der Waals surface area contributed by atoms with Gasteiger partial charge in [-0.15, -0.1) is 0 Å². The third kappa shape index (κ3) is 3.05. The average Bonchev–Trinajstić information content (AvgIpc) is 2.62. The van der Waals surface area contributed by atoms with Crippen LogP contribution in [0.5, 0.6) is 0 Å². The van der Waals surface area contributed by atoms with Crippen LogP contribution in [0.15, 0.2) is 12.1 Å². The second-order valence-electron chi connectivity index (χ2n) is 5.69.